The first-order chi connectivity index (χ1) is 12.9. The molecule has 2 fully saturated rings. The summed E-state index contributed by atoms with van der Waals surface area (Å²) in [6, 6.07) is -3.58. The van der Waals surface area contributed by atoms with Crippen LogP contribution in [0.2, 0.25) is 0 Å². The summed E-state index contributed by atoms with van der Waals surface area (Å²) in [6.07, 6.45) is 2.42. The molecule has 3 amide bonds. The number of hydrogen-bond acceptors (Lipinski definition) is 7. The molecule has 2 rings (SSSR count). The molecule has 10 nitrogen and oxygen atoms in total. The highest BCUT2D eigenvalue weighted by Crippen LogP contribution is 2.18. The fourth-order valence-electron chi connectivity index (χ4n) is 3.32. The second kappa shape index (κ2) is 9.90. The molecule has 27 heavy (non-hydrogen) atoms. The second-order valence-electron chi connectivity index (χ2n) is 6.66. The Hall–Kier alpha value is -1.85. The molecule has 0 spiro atoms. The number of nitrogens with zero attached hydrogens (tertiary/aromatic N) is 1. The van der Waals surface area contributed by atoms with Crippen molar-refractivity contribution >= 4 is 36.3 Å². The van der Waals surface area contributed by atoms with E-state index in [0.29, 0.717) is 19.3 Å². The van der Waals surface area contributed by atoms with Gasteiger partial charge in [0.1, 0.15) is 18.1 Å². The Labute approximate surface area is 162 Å². The van der Waals surface area contributed by atoms with Crippen LogP contribution >= 0.6 is 12.6 Å². The Morgan fingerprint density at radius 1 is 1.15 bits per heavy atom. The highest BCUT2D eigenvalue weighted by atomic mass is 32.1. The maximum atomic E-state index is 12.5. The van der Waals surface area contributed by atoms with Crippen LogP contribution < -0.4 is 16.0 Å². The summed E-state index contributed by atoms with van der Waals surface area (Å²) in [6.45, 7) is 0.310. The van der Waals surface area contributed by atoms with E-state index in [1.807, 2.05) is 0 Å². The Balaban J connectivity index is 1.96. The fraction of sp³-hybridized carbons (Fsp3) is 0.750. The third-order valence-corrected chi connectivity index (χ3v) is 5.18. The normalized spacial score (nSPS) is 24.3. The van der Waals surface area contributed by atoms with Crippen LogP contribution in [0.15, 0.2) is 0 Å². The number of nitrogens with one attached hydrogen (secondary N) is 3. The van der Waals surface area contributed by atoms with Crippen molar-refractivity contribution in [3.63, 3.8) is 0 Å². The van der Waals surface area contributed by atoms with Crippen LogP contribution in [0.5, 0.6) is 0 Å². The highest BCUT2D eigenvalue weighted by molar-refractivity contribution is 7.80. The van der Waals surface area contributed by atoms with Crippen LogP contribution in [0.1, 0.15) is 25.7 Å². The quantitative estimate of drug-likeness (QED) is 0.250. The van der Waals surface area contributed by atoms with Crippen LogP contribution in [0.4, 0.5) is 0 Å². The van der Waals surface area contributed by atoms with Crippen molar-refractivity contribution in [3.8, 4) is 0 Å². The zero-order chi connectivity index (χ0) is 20.0. The molecule has 0 aromatic heterocycles. The van der Waals surface area contributed by atoms with Gasteiger partial charge in [-0.2, -0.15) is 12.6 Å². The minimum atomic E-state index is -1.28. The maximum absolute atomic E-state index is 12.5. The number of carbonyl (C=O) groups excluding carboxylic acids is 3. The summed E-state index contributed by atoms with van der Waals surface area (Å²) in [4.78, 5) is 49.5. The van der Waals surface area contributed by atoms with Gasteiger partial charge in [0.25, 0.3) is 0 Å². The number of likely N-dealkylation sites (tertiary alicyclic amines) is 1. The van der Waals surface area contributed by atoms with Crippen LogP contribution in [0.25, 0.3) is 0 Å². The van der Waals surface area contributed by atoms with Gasteiger partial charge in [-0.05, 0) is 32.2 Å². The van der Waals surface area contributed by atoms with Gasteiger partial charge in [0.2, 0.25) is 17.7 Å². The summed E-state index contributed by atoms with van der Waals surface area (Å²) in [5.41, 5.74) is 0. The molecule has 0 aliphatic carbocycles. The summed E-state index contributed by atoms with van der Waals surface area (Å²) in [5, 5.41) is 26.7. The number of aliphatic hydroxyl groups excluding tert-OH is 1. The number of carboxylic acids is 1. The average molecular weight is 402 g/mol. The highest BCUT2D eigenvalue weighted by Gasteiger charge is 2.38. The van der Waals surface area contributed by atoms with Crippen LogP contribution in [-0.2, 0) is 19.2 Å². The van der Waals surface area contributed by atoms with E-state index in [2.05, 4.69) is 28.6 Å². The van der Waals surface area contributed by atoms with Crippen molar-refractivity contribution < 1.29 is 29.4 Å². The molecule has 2 aliphatic rings. The van der Waals surface area contributed by atoms with Gasteiger partial charge < -0.3 is 31.1 Å². The molecule has 11 heteroatoms. The van der Waals surface area contributed by atoms with Gasteiger partial charge in [-0.1, -0.05) is 0 Å². The number of thiol groups is 1. The molecule has 2 heterocycles. The van der Waals surface area contributed by atoms with Gasteiger partial charge >= 0.3 is 5.97 Å². The van der Waals surface area contributed by atoms with Crippen molar-refractivity contribution in [1.82, 2.24) is 20.9 Å². The van der Waals surface area contributed by atoms with E-state index in [9.17, 15) is 29.4 Å². The van der Waals surface area contributed by atoms with E-state index in [0.717, 1.165) is 17.9 Å². The number of carboxylic acid groups (broad SMARTS) is 1. The van der Waals surface area contributed by atoms with Gasteiger partial charge in [0.15, 0.2) is 0 Å². The molecule has 152 valence electrons. The lowest BCUT2D eigenvalue weighted by atomic mass is 10.1. The Morgan fingerprint density at radius 3 is 2.44 bits per heavy atom. The molecule has 0 aromatic rings. The third kappa shape index (κ3) is 5.33. The summed E-state index contributed by atoms with van der Waals surface area (Å²) in [7, 11) is 0. The smallest absolute Gasteiger partial charge is 0.326 e. The van der Waals surface area contributed by atoms with Crippen molar-refractivity contribution in [2.45, 2.75) is 49.9 Å². The second-order valence-corrected chi connectivity index (χ2v) is 7.03. The van der Waals surface area contributed by atoms with E-state index in [-0.39, 0.29) is 24.2 Å². The summed E-state index contributed by atoms with van der Waals surface area (Å²) >= 11 is 4.07. The zero-order valence-electron chi connectivity index (χ0n) is 14.9. The molecule has 0 bridgehead atoms. The Bertz CT molecular complexity index is 583. The number of hydrogen-bond donors (Lipinski definition) is 6. The molecule has 5 N–H and O–H groups in total. The van der Waals surface area contributed by atoms with E-state index in [4.69, 9.17) is 0 Å². The van der Waals surface area contributed by atoms with Crippen LogP contribution in [0.3, 0.4) is 0 Å². The van der Waals surface area contributed by atoms with Gasteiger partial charge in [0.05, 0.1) is 12.6 Å². The predicted molar refractivity (Wildman–Crippen MR) is 98.2 cm³/mol. The van der Waals surface area contributed by atoms with Gasteiger partial charge in [-0.3, -0.25) is 14.4 Å². The number of aliphatic hydroxyl groups is 1. The van der Waals surface area contributed by atoms with Gasteiger partial charge in [-0.25, -0.2) is 4.79 Å². The lowest BCUT2D eigenvalue weighted by Gasteiger charge is -2.27. The monoisotopic (exact) mass is 402 g/mol. The minimum Gasteiger partial charge on any atom is -0.480 e. The van der Waals surface area contributed by atoms with Crippen molar-refractivity contribution in [2.24, 2.45) is 0 Å². The van der Waals surface area contributed by atoms with Gasteiger partial charge in [0, 0.05) is 12.3 Å². The van der Waals surface area contributed by atoms with E-state index in [1.54, 1.807) is 0 Å². The van der Waals surface area contributed by atoms with Crippen LogP contribution in [0, 0.1) is 0 Å². The molecule has 2 saturated heterocycles. The molecular weight excluding hydrogens is 376 g/mol. The Morgan fingerprint density at radius 2 is 1.89 bits per heavy atom. The number of aliphatic carboxylic acids is 1. The first kappa shape index (κ1) is 21.5. The van der Waals surface area contributed by atoms with Crippen LogP contribution in [-0.4, -0.2) is 88.4 Å². The number of carbonyl (C=O) groups is 4. The van der Waals surface area contributed by atoms with Crippen molar-refractivity contribution in [2.75, 3.05) is 25.4 Å². The summed E-state index contributed by atoms with van der Waals surface area (Å²) < 4.78 is 0. The van der Waals surface area contributed by atoms with E-state index < -0.39 is 42.5 Å². The molecule has 4 unspecified atom stereocenters. The Kier molecular flexibility index (Phi) is 7.87. The number of amides is 3. The maximum Gasteiger partial charge on any atom is 0.326 e. The topological polar surface area (TPSA) is 148 Å². The van der Waals surface area contributed by atoms with E-state index >= 15 is 0 Å². The fourth-order valence-corrected chi connectivity index (χ4v) is 3.58. The zero-order valence-corrected chi connectivity index (χ0v) is 15.8. The predicted octanol–water partition coefficient (Wildman–Crippen LogP) is -2.29. The molecule has 0 aromatic carbocycles. The first-order valence-electron chi connectivity index (χ1n) is 8.98. The number of rotatable bonds is 8. The largest absolute Gasteiger partial charge is 0.480 e. The lowest BCUT2D eigenvalue weighted by Crippen LogP contribution is -2.58. The third-order valence-electron chi connectivity index (χ3n) is 4.81. The van der Waals surface area contributed by atoms with Crippen molar-refractivity contribution in [1.29, 1.82) is 0 Å². The standard InChI is InChI=1S/C16H26N4O6S/c21-7-10(15(24)20-6-2-4-12(20)16(25)26)18-14(23)11(8-27)19-13(22)9-3-1-5-17-9/h9-12,17,21,27H,1-8H2,(H,18,23)(H,19,22)(H,25,26). The summed E-state index contributed by atoms with van der Waals surface area (Å²) in [5.74, 6) is -2.74. The van der Waals surface area contributed by atoms with Crippen molar-refractivity contribution in [3.05, 3.63) is 0 Å². The molecular formula is C16H26N4O6S. The first-order valence-corrected chi connectivity index (χ1v) is 9.61. The SMILES string of the molecule is O=C(NC(CS)C(=O)NC(CO)C(=O)N1CCCC1C(=O)O)C1CCCN1. The minimum absolute atomic E-state index is 0.0120. The molecule has 2 aliphatic heterocycles. The molecule has 4 atom stereocenters. The molecule has 0 saturated carbocycles. The lowest BCUT2D eigenvalue weighted by molar-refractivity contribution is -0.150. The van der Waals surface area contributed by atoms with E-state index in [1.165, 1.54) is 0 Å². The molecule has 0 radical (unpaired) electrons. The van der Waals surface area contributed by atoms with Gasteiger partial charge in [-0.15, -0.1) is 0 Å². The average Bonchev–Trinajstić information content (AvgIpc) is 3.34.